The summed E-state index contributed by atoms with van der Waals surface area (Å²) in [7, 11) is 0. The third-order valence-electron chi connectivity index (χ3n) is 2.44. The second kappa shape index (κ2) is 5.67. The van der Waals surface area contributed by atoms with Crippen LogP contribution in [0.3, 0.4) is 0 Å². The third-order valence-corrected chi connectivity index (χ3v) is 2.71. The van der Waals surface area contributed by atoms with Crippen molar-refractivity contribution in [2.24, 2.45) is 0 Å². The highest BCUT2D eigenvalue weighted by Gasteiger charge is 2.08. The molecule has 0 amide bonds. The Morgan fingerprint density at radius 3 is 2.79 bits per heavy atom. The van der Waals surface area contributed by atoms with E-state index in [9.17, 15) is 4.79 Å². The second-order valence-corrected chi connectivity index (χ2v) is 3.90. The molecule has 0 aliphatic heterocycles. The van der Waals surface area contributed by atoms with Gasteiger partial charge in [-0.2, -0.15) is 5.10 Å². The van der Waals surface area contributed by atoms with Crippen molar-refractivity contribution in [3.63, 3.8) is 0 Å². The average molecular weight is 277 g/mol. The molecule has 0 aliphatic rings. The average Bonchev–Trinajstić information content (AvgIpc) is 2.88. The first-order chi connectivity index (χ1) is 9.25. The van der Waals surface area contributed by atoms with Crippen LogP contribution in [0.4, 0.5) is 0 Å². The molecule has 0 saturated carbocycles. The van der Waals surface area contributed by atoms with Crippen molar-refractivity contribution in [3.8, 4) is 11.4 Å². The molecule has 0 unspecified atom stereocenters. The Labute approximate surface area is 114 Å². The number of hydrogen-bond donors (Lipinski definition) is 1. The molecular formula is C13H13ClN4O. The summed E-state index contributed by atoms with van der Waals surface area (Å²) in [4.78, 5) is 18.1. The van der Waals surface area contributed by atoms with Crippen LogP contribution in [0.15, 0.2) is 41.6 Å². The van der Waals surface area contributed by atoms with Gasteiger partial charge in [0.15, 0.2) is 0 Å². The molecule has 0 atom stereocenters. The zero-order chi connectivity index (χ0) is 13.8. The van der Waals surface area contributed by atoms with E-state index in [-0.39, 0.29) is 10.6 Å². The van der Waals surface area contributed by atoms with Crippen molar-refractivity contribution < 1.29 is 0 Å². The topological polar surface area (TPSA) is 63.0 Å². The molecule has 6 heteroatoms. The van der Waals surface area contributed by atoms with E-state index in [0.717, 1.165) is 11.1 Å². The van der Waals surface area contributed by atoms with Crippen LogP contribution >= 0.6 is 11.6 Å². The second-order valence-electron chi connectivity index (χ2n) is 3.50. The van der Waals surface area contributed by atoms with E-state index in [1.54, 1.807) is 10.7 Å². The maximum Gasteiger partial charge on any atom is 0.269 e. The standard InChI is InChI=1S/C11H7ClN4O.C2H6/c12-8-6-13-10(15-11(8)17)7-5-14-16-4-2-1-3-9(7)16;1-2/h1-6H,(H,13,15,17);1-2H3. The largest absolute Gasteiger partial charge is 0.305 e. The fourth-order valence-corrected chi connectivity index (χ4v) is 1.73. The van der Waals surface area contributed by atoms with E-state index < -0.39 is 0 Å². The zero-order valence-electron chi connectivity index (χ0n) is 10.6. The van der Waals surface area contributed by atoms with Gasteiger partial charge in [-0.15, -0.1) is 0 Å². The van der Waals surface area contributed by atoms with Crippen LogP contribution in [0.2, 0.25) is 5.02 Å². The Hall–Kier alpha value is -2.14. The zero-order valence-corrected chi connectivity index (χ0v) is 11.3. The van der Waals surface area contributed by atoms with Gasteiger partial charge in [0.05, 0.1) is 23.5 Å². The summed E-state index contributed by atoms with van der Waals surface area (Å²) >= 11 is 5.63. The van der Waals surface area contributed by atoms with Gasteiger partial charge >= 0.3 is 0 Å². The Kier molecular flexibility index (Phi) is 3.97. The highest BCUT2D eigenvalue weighted by molar-refractivity contribution is 6.30. The number of aromatic amines is 1. The van der Waals surface area contributed by atoms with E-state index in [2.05, 4.69) is 15.1 Å². The van der Waals surface area contributed by atoms with Gasteiger partial charge in [-0.25, -0.2) is 9.50 Å². The fraction of sp³-hybridized carbons (Fsp3) is 0.154. The van der Waals surface area contributed by atoms with Crippen molar-refractivity contribution in [2.75, 3.05) is 0 Å². The summed E-state index contributed by atoms with van der Waals surface area (Å²) in [5, 5.41) is 4.24. The third kappa shape index (κ3) is 2.51. The Morgan fingerprint density at radius 1 is 1.26 bits per heavy atom. The molecule has 0 spiro atoms. The molecule has 0 fully saturated rings. The van der Waals surface area contributed by atoms with Gasteiger partial charge in [0, 0.05) is 6.20 Å². The number of nitrogens with zero attached hydrogens (tertiary/aromatic N) is 3. The molecule has 0 bridgehead atoms. The van der Waals surface area contributed by atoms with E-state index in [1.165, 1.54) is 6.20 Å². The maximum absolute atomic E-state index is 11.4. The summed E-state index contributed by atoms with van der Waals surface area (Å²) < 4.78 is 1.71. The summed E-state index contributed by atoms with van der Waals surface area (Å²) in [5.41, 5.74) is 1.28. The molecule has 0 aliphatic carbocycles. The van der Waals surface area contributed by atoms with Crippen LogP contribution in [0.1, 0.15) is 13.8 Å². The van der Waals surface area contributed by atoms with Gasteiger partial charge in [0.25, 0.3) is 5.56 Å². The van der Waals surface area contributed by atoms with Crippen LogP contribution < -0.4 is 5.56 Å². The predicted molar refractivity (Wildman–Crippen MR) is 75.4 cm³/mol. The Balaban J connectivity index is 0.000000637. The van der Waals surface area contributed by atoms with Gasteiger partial charge in [-0.05, 0) is 12.1 Å². The van der Waals surface area contributed by atoms with Crippen LogP contribution in [-0.2, 0) is 0 Å². The number of rotatable bonds is 1. The lowest BCUT2D eigenvalue weighted by molar-refractivity contribution is 0.961. The minimum absolute atomic E-state index is 0.0743. The molecule has 0 aromatic carbocycles. The van der Waals surface area contributed by atoms with Crippen molar-refractivity contribution in [3.05, 3.63) is 52.2 Å². The minimum Gasteiger partial charge on any atom is -0.305 e. The van der Waals surface area contributed by atoms with Crippen molar-refractivity contribution >= 4 is 17.1 Å². The minimum atomic E-state index is -0.355. The lowest BCUT2D eigenvalue weighted by atomic mass is 10.2. The van der Waals surface area contributed by atoms with Crippen LogP contribution in [0, 0.1) is 0 Å². The first-order valence-electron chi connectivity index (χ1n) is 5.93. The molecule has 3 aromatic heterocycles. The van der Waals surface area contributed by atoms with Crippen LogP contribution in [0.5, 0.6) is 0 Å². The molecule has 5 nitrogen and oxygen atoms in total. The maximum atomic E-state index is 11.4. The molecule has 3 rings (SSSR count). The highest BCUT2D eigenvalue weighted by Crippen LogP contribution is 2.19. The summed E-state index contributed by atoms with van der Waals surface area (Å²) in [6.07, 6.45) is 4.82. The monoisotopic (exact) mass is 276 g/mol. The highest BCUT2D eigenvalue weighted by atomic mass is 35.5. The van der Waals surface area contributed by atoms with Crippen LogP contribution in [-0.4, -0.2) is 19.6 Å². The molecule has 98 valence electrons. The smallest absolute Gasteiger partial charge is 0.269 e. The lowest BCUT2D eigenvalue weighted by Crippen LogP contribution is -2.08. The normalized spacial score (nSPS) is 10.1. The van der Waals surface area contributed by atoms with E-state index in [0.29, 0.717) is 5.82 Å². The van der Waals surface area contributed by atoms with E-state index >= 15 is 0 Å². The molecule has 19 heavy (non-hydrogen) atoms. The number of fused-ring (bicyclic) bond motifs is 1. The number of hydrogen-bond acceptors (Lipinski definition) is 3. The molecule has 0 radical (unpaired) electrons. The summed E-state index contributed by atoms with van der Waals surface area (Å²) in [6, 6.07) is 5.67. The fourth-order valence-electron chi connectivity index (χ4n) is 1.63. The first-order valence-corrected chi connectivity index (χ1v) is 6.31. The lowest BCUT2D eigenvalue weighted by Gasteiger charge is -1.98. The Bertz CT molecular complexity index is 747. The van der Waals surface area contributed by atoms with Crippen molar-refractivity contribution in [1.29, 1.82) is 0 Å². The van der Waals surface area contributed by atoms with Crippen LogP contribution in [0.25, 0.3) is 16.9 Å². The molecular weight excluding hydrogens is 264 g/mol. The summed E-state index contributed by atoms with van der Waals surface area (Å²) in [5.74, 6) is 0.459. The molecule has 3 aromatic rings. The summed E-state index contributed by atoms with van der Waals surface area (Å²) in [6.45, 7) is 4.00. The van der Waals surface area contributed by atoms with Gasteiger partial charge in [0.1, 0.15) is 10.8 Å². The quantitative estimate of drug-likeness (QED) is 0.743. The van der Waals surface area contributed by atoms with Gasteiger partial charge in [-0.1, -0.05) is 31.5 Å². The number of nitrogens with one attached hydrogen (secondary N) is 1. The predicted octanol–water partition coefficient (Wildman–Crippen LogP) is 2.76. The van der Waals surface area contributed by atoms with Crippen molar-refractivity contribution in [2.45, 2.75) is 13.8 Å². The SMILES string of the molecule is CC.O=c1[nH]c(-c2cnn3ccccc23)ncc1Cl. The molecule has 1 N–H and O–H groups in total. The van der Waals surface area contributed by atoms with Crippen molar-refractivity contribution in [1.82, 2.24) is 19.6 Å². The van der Waals surface area contributed by atoms with E-state index in [4.69, 9.17) is 11.6 Å². The molecule has 3 heterocycles. The number of halogens is 1. The van der Waals surface area contributed by atoms with Gasteiger partial charge < -0.3 is 4.98 Å². The first kappa shape index (κ1) is 13.3. The van der Waals surface area contributed by atoms with E-state index in [1.807, 2.05) is 38.2 Å². The van der Waals surface area contributed by atoms with Gasteiger partial charge in [-0.3, -0.25) is 4.79 Å². The Morgan fingerprint density at radius 2 is 2.05 bits per heavy atom. The number of pyridine rings is 1. The van der Waals surface area contributed by atoms with Gasteiger partial charge in [0.2, 0.25) is 0 Å². The molecule has 0 saturated heterocycles. The number of aromatic nitrogens is 4. The number of H-pyrrole nitrogens is 1.